The fourth-order valence-electron chi connectivity index (χ4n) is 3.16. The van der Waals surface area contributed by atoms with E-state index in [2.05, 4.69) is 21.2 Å². The molecule has 0 spiro atoms. The van der Waals surface area contributed by atoms with E-state index < -0.39 is 11.8 Å². The van der Waals surface area contributed by atoms with Gasteiger partial charge in [0.15, 0.2) is 0 Å². The van der Waals surface area contributed by atoms with Crippen LogP contribution in [0.2, 0.25) is 0 Å². The van der Waals surface area contributed by atoms with Crippen molar-refractivity contribution in [1.29, 1.82) is 0 Å². The number of aliphatic carboxylic acids is 1. The van der Waals surface area contributed by atoms with Gasteiger partial charge in [-0.3, -0.25) is 0 Å². The Hall–Kier alpha value is -1.40. The van der Waals surface area contributed by atoms with Crippen molar-refractivity contribution in [1.82, 2.24) is 5.32 Å². The average molecular weight is 400 g/mol. The molecular weight excluding hydrogens is 377 g/mol. The van der Waals surface area contributed by atoms with E-state index in [0.29, 0.717) is 28.2 Å². The lowest BCUT2D eigenvalue weighted by Gasteiger charge is -2.25. The second kappa shape index (κ2) is 8.62. The predicted molar refractivity (Wildman–Crippen MR) is 94.9 cm³/mol. The second-order valence-electron chi connectivity index (χ2n) is 6.32. The summed E-state index contributed by atoms with van der Waals surface area (Å²) in [6.07, 6.45) is 4.51. The number of allylic oxidation sites excluding steroid dienone is 1. The first-order valence-corrected chi connectivity index (χ1v) is 8.99. The number of hydrogen-bond donors (Lipinski definition) is 3. The van der Waals surface area contributed by atoms with Crippen LogP contribution in [0.15, 0.2) is 28.4 Å². The second-order valence-corrected chi connectivity index (χ2v) is 7.17. The van der Waals surface area contributed by atoms with E-state index in [1.165, 1.54) is 18.2 Å². The molecule has 1 aliphatic rings. The number of carbonyl (C=O) groups is 1. The number of rotatable bonds is 6. The quantitative estimate of drug-likeness (QED) is 0.633. The number of hydrogen-bond acceptors (Lipinski definition) is 3. The molecule has 0 unspecified atom stereocenters. The normalized spacial score (nSPS) is 22.0. The van der Waals surface area contributed by atoms with Gasteiger partial charge in [-0.15, -0.1) is 0 Å². The van der Waals surface area contributed by atoms with Crippen molar-refractivity contribution in [2.75, 3.05) is 6.54 Å². The molecular formula is C18H23BrFNO3. The minimum atomic E-state index is -1.05. The van der Waals surface area contributed by atoms with Crippen molar-refractivity contribution < 1.29 is 19.4 Å². The maximum Gasteiger partial charge on any atom is 0.338 e. The predicted octanol–water partition coefficient (Wildman–Crippen LogP) is 3.93. The van der Waals surface area contributed by atoms with E-state index in [1.54, 1.807) is 6.92 Å². The first-order valence-electron chi connectivity index (χ1n) is 8.20. The van der Waals surface area contributed by atoms with Crippen molar-refractivity contribution in [2.45, 2.75) is 45.1 Å². The van der Waals surface area contributed by atoms with Crippen LogP contribution < -0.4 is 5.32 Å². The lowest BCUT2D eigenvalue weighted by molar-refractivity contribution is -0.130. The number of benzene rings is 1. The highest BCUT2D eigenvalue weighted by Gasteiger charge is 2.20. The average Bonchev–Trinajstić information content (AvgIpc) is 2.51. The molecule has 0 heterocycles. The van der Waals surface area contributed by atoms with Gasteiger partial charge in [0, 0.05) is 22.3 Å². The third kappa shape index (κ3) is 5.05. The zero-order valence-corrected chi connectivity index (χ0v) is 15.3. The van der Waals surface area contributed by atoms with Crippen LogP contribution >= 0.6 is 15.9 Å². The Morgan fingerprint density at radius 3 is 2.58 bits per heavy atom. The summed E-state index contributed by atoms with van der Waals surface area (Å²) in [6.45, 7) is 2.41. The number of halogens is 2. The SMILES string of the molecule is C/C(NCCC1CCC(O)CC1)=C(/C(=O)O)c1ccc(F)cc1Br. The summed E-state index contributed by atoms with van der Waals surface area (Å²) in [7, 11) is 0. The first-order chi connectivity index (χ1) is 11.4. The molecule has 3 N–H and O–H groups in total. The van der Waals surface area contributed by atoms with Gasteiger partial charge in [-0.05, 0) is 57.1 Å². The highest BCUT2D eigenvalue weighted by molar-refractivity contribution is 9.10. The number of aliphatic hydroxyl groups excluding tert-OH is 1. The molecule has 1 saturated carbocycles. The van der Waals surface area contributed by atoms with E-state index in [9.17, 15) is 19.4 Å². The van der Waals surface area contributed by atoms with Gasteiger partial charge >= 0.3 is 5.97 Å². The summed E-state index contributed by atoms with van der Waals surface area (Å²) < 4.78 is 13.6. The molecule has 1 aromatic rings. The number of nitrogens with one attached hydrogen (secondary N) is 1. The minimum absolute atomic E-state index is 0.140. The van der Waals surface area contributed by atoms with Crippen molar-refractivity contribution in [3.05, 3.63) is 39.7 Å². The van der Waals surface area contributed by atoms with Gasteiger partial charge in [0.05, 0.1) is 11.7 Å². The molecule has 24 heavy (non-hydrogen) atoms. The van der Waals surface area contributed by atoms with Crippen LogP contribution in [0.5, 0.6) is 0 Å². The fraction of sp³-hybridized carbons (Fsp3) is 0.500. The zero-order valence-electron chi connectivity index (χ0n) is 13.7. The summed E-state index contributed by atoms with van der Waals surface area (Å²) in [5.41, 5.74) is 1.15. The molecule has 4 nitrogen and oxygen atoms in total. The molecule has 132 valence electrons. The Morgan fingerprint density at radius 1 is 1.33 bits per heavy atom. The van der Waals surface area contributed by atoms with Gasteiger partial charge in [0.1, 0.15) is 5.82 Å². The summed E-state index contributed by atoms with van der Waals surface area (Å²) >= 11 is 3.23. The summed E-state index contributed by atoms with van der Waals surface area (Å²) in [5, 5.41) is 22.2. The molecule has 1 aromatic carbocycles. The third-order valence-electron chi connectivity index (χ3n) is 4.55. The topological polar surface area (TPSA) is 69.6 Å². The molecule has 0 aliphatic heterocycles. The molecule has 1 fully saturated rings. The molecule has 0 saturated heterocycles. The van der Waals surface area contributed by atoms with Crippen LogP contribution in [-0.2, 0) is 4.79 Å². The fourth-order valence-corrected chi connectivity index (χ4v) is 3.70. The van der Waals surface area contributed by atoms with Gasteiger partial charge < -0.3 is 15.5 Å². The lowest BCUT2D eigenvalue weighted by Crippen LogP contribution is -2.23. The Bertz CT molecular complexity index is 625. The van der Waals surface area contributed by atoms with Crippen LogP contribution in [0.3, 0.4) is 0 Å². The summed E-state index contributed by atoms with van der Waals surface area (Å²) in [4.78, 5) is 11.6. The molecule has 1 aliphatic carbocycles. The standard InChI is InChI=1S/C18H23BrFNO3/c1-11(21-9-8-12-2-5-14(22)6-3-12)17(18(23)24)15-7-4-13(20)10-16(15)19/h4,7,10,12,14,21-22H,2-3,5-6,8-9H2,1H3,(H,23,24)/b17-11-. The molecule has 6 heteroatoms. The molecule has 0 atom stereocenters. The van der Waals surface area contributed by atoms with Crippen LogP contribution in [-0.4, -0.2) is 28.8 Å². The Labute approximate surface area is 149 Å². The zero-order chi connectivity index (χ0) is 17.7. The van der Waals surface area contributed by atoms with Gasteiger partial charge in [-0.2, -0.15) is 0 Å². The largest absolute Gasteiger partial charge is 0.478 e. The van der Waals surface area contributed by atoms with Gasteiger partial charge in [0.25, 0.3) is 0 Å². The van der Waals surface area contributed by atoms with E-state index >= 15 is 0 Å². The van der Waals surface area contributed by atoms with Crippen molar-refractivity contribution in [3.8, 4) is 0 Å². The van der Waals surface area contributed by atoms with E-state index in [-0.39, 0.29) is 11.7 Å². The summed E-state index contributed by atoms with van der Waals surface area (Å²) in [5.74, 6) is -0.895. The van der Waals surface area contributed by atoms with Crippen LogP contribution in [0.25, 0.3) is 5.57 Å². The maximum atomic E-state index is 13.2. The van der Waals surface area contributed by atoms with Gasteiger partial charge in [0.2, 0.25) is 0 Å². The maximum absolute atomic E-state index is 13.2. The Kier molecular flexibility index (Phi) is 6.80. The number of aliphatic hydroxyl groups is 1. The third-order valence-corrected chi connectivity index (χ3v) is 5.20. The van der Waals surface area contributed by atoms with Crippen molar-refractivity contribution >= 4 is 27.5 Å². The molecule has 0 aromatic heterocycles. The Morgan fingerprint density at radius 2 is 2.00 bits per heavy atom. The highest BCUT2D eigenvalue weighted by Crippen LogP contribution is 2.28. The smallest absolute Gasteiger partial charge is 0.338 e. The van der Waals surface area contributed by atoms with E-state index in [4.69, 9.17) is 0 Å². The number of carboxylic acids is 1. The Balaban J connectivity index is 2.03. The van der Waals surface area contributed by atoms with Crippen molar-refractivity contribution in [3.63, 3.8) is 0 Å². The lowest BCUT2D eigenvalue weighted by atomic mass is 9.85. The van der Waals surface area contributed by atoms with E-state index in [0.717, 1.165) is 32.1 Å². The van der Waals surface area contributed by atoms with Crippen LogP contribution in [0.1, 0.15) is 44.6 Å². The van der Waals surface area contributed by atoms with Crippen molar-refractivity contribution in [2.24, 2.45) is 5.92 Å². The molecule has 2 rings (SSSR count). The minimum Gasteiger partial charge on any atom is -0.478 e. The van der Waals surface area contributed by atoms with Crippen LogP contribution in [0.4, 0.5) is 4.39 Å². The molecule has 0 amide bonds. The summed E-state index contributed by atoms with van der Waals surface area (Å²) in [6, 6.07) is 3.99. The van der Waals surface area contributed by atoms with E-state index in [1.807, 2.05) is 0 Å². The molecule has 0 bridgehead atoms. The number of carboxylic acid groups (broad SMARTS) is 1. The first kappa shape index (κ1) is 18.9. The van der Waals surface area contributed by atoms with Gasteiger partial charge in [-0.1, -0.05) is 22.0 Å². The van der Waals surface area contributed by atoms with Gasteiger partial charge in [-0.25, -0.2) is 9.18 Å². The monoisotopic (exact) mass is 399 g/mol. The van der Waals surface area contributed by atoms with Crippen LogP contribution in [0, 0.1) is 11.7 Å². The highest BCUT2D eigenvalue weighted by atomic mass is 79.9. The molecule has 0 radical (unpaired) electrons.